The van der Waals surface area contributed by atoms with Gasteiger partial charge in [-0.3, -0.25) is 9.59 Å². The summed E-state index contributed by atoms with van der Waals surface area (Å²) < 4.78 is 0. The summed E-state index contributed by atoms with van der Waals surface area (Å²) in [6.07, 6.45) is 1.95. The van der Waals surface area contributed by atoms with Gasteiger partial charge >= 0.3 is 5.97 Å². The molecule has 16 heavy (non-hydrogen) atoms. The van der Waals surface area contributed by atoms with Crippen molar-refractivity contribution >= 4 is 23.2 Å². The Kier molecular flexibility index (Phi) is 4.42. The molecule has 5 nitrogen and oxygen atoms in total. The average molecular weight is 242 g/mol. The number of thiazole rings is 1. The Balaban J connectivity index is 2.34. The topological polar surface area (TPSA) is 79.3 Å². The molecule has 88 valence electrons. The molecule has 1 aromatic heterocycles. The first-order valence-corrected chi connectivity index (χ1v) is 5.75. The van der Waals surface area contributed by atoms with Gasteiger partial charge in [-0.2, -0.15) is 0 Å². The molecule has 2 N–H and O–H groups in total. The zero-order valence-corrected chi connectivity index (χ0v) is 10.0. The zero-order valence-electron chi connectivity index (χ0n) is 9.19. The van der Waals surface area contributed by atoms with E-state index in [2.05, 4.69) is 10.3 Å². The fraction of sp³-hybridized carbons (Fsp3) is 0.500. The van der Waals surface area contributed by atoms with Crippen LogP contribution >= 0.6 is 11.3 Å². The molecule has 0 saturated carbocycles. The molecule has 0 aromatic carbocycles. The Bertz CT molecular complexity index is 389. The molecule has 0 saturated heterocycles. The summed E-state index contributed by atoms with van der Waals surface area (Å²) >= 11 is 1.32. The Labute approximate surface area is 97.5 Å². The highest BCUT2D eigenvalue weighted by Crippen LogP contribution is 2.11. The summed E-state index contributed by atoms with van der Waals surface area (Å²) in [5.41, 5.74) is 0. The summed E-state index contributed by atoms with van der Waals surface area (Å²) in [4.78, 5) is 26.6. The number of carbonyl (C=O) groups is 2. The van der Waals surface area contributed by atoms with E-state index < -0.39 is 11.9 Å². The van der Waals surface area contributed by atoms with E-state index in [1.165, 1.54) is 17.5 Å². The number of nitrogens with zero attached hydrogens (tertiary/aromatic N) is 1. The third kappa shape index (κ3) is 3.62. The van der Waals surface area contributed by atoms with Gasteiger partial charge in [0.1, 0.15) is 4.88 Å². The quantitative estimate of drug-likeness (QED) is 0.815. The molecule has 0 aliphatic heterocycles. The van der Waals surface area contributed by atoms with Crippen molar-refractivity contribution in [3.8, 4) is 0 Å². The molecule has 1 rings (SSSR count). The standard InChI is InChI=1S/C10H14N2O3S/c1-6(10(14)15)3-4-11-9(13)8-5-12-7(2)16-8/h5-6H,3-4H2,1-2H3,(H,11,13)(H,14,15). The monoisotopic (exact) mass is 242 g/mol. The molecule has 1 aromatic rings. The number of amides is 1. The zero-order chi connectivity index (χ0) is 12.1. The van der Waals surface area contributed by atoms with Crippen molar-refractivity contribution in [2.75, 3.05) is 6.54 Å². The maximum absolute atomic E-state index is 11.5. The van der Waals surface area contributed by atoms with Crippen molar-refractivity contribution in [3.05, 3.63) is 16.1 Å². The Morgan fingerprint density at radius 3 is 2.81 bits per heavy atom. The van der Waals surface area contributed by atoms with Crippen molar-refractivity contribution in [1.82, 2.24) is 10.3 Å². The highest BCUT2D eigenvalue weighted by molar-refractivity contribution is 7.13. The molecular formula is C10H14N2O3S. The molecule has 6 heteroatoms. The van der Waals surface area contributed by atoms with Gasteiger partial charge in [0.05, 0.1) is 17.1 Å². The number of carboxylic acids is 1. The lowest BCUT2D eigenvalue weighted by molar-refractivity contribution is -0.141. The summed E-state index contributed by atoms with van der Waals surface area (Å²) in [5.74, 6) is -1.48. The first-order valence-electron chi connectivity index (χ1n) is 4.94. The second kappa shape index (κ2) is 5.60. The van der Waals surface area contributed by atoms with Crippen LogP contribution < -0.4 is 5.32 Å². The number of carbonyl (C=O) groups excluding carboxylic acids is 1. The average Bonchev–Trinajstić information content (AvgIpc) is 2.64. The molecule has 0 fully saturated rings. The Morgan fingerprint density at radius 1 is 1.62 bits per heavy atom. The third-order valence-electron chi connectivity index (χ3n) is 2.13. The van der Waals surface area contributed by atoms with Gasteiger partial charge in [0.2, 0.25) is 0 Å². The van der Waals surface area contributed by atoms with E-state index in [1.807, 2.05) is 6.92 Å². The number of aliphatic carboxylic acids is 1. The van der Waals surface area contributed by atoms with E-state index in [9.17, 15) is 9.59 Å². The van der Waals surface area contributed by atoms with Crippen LogP contribution in [0.5, 0.6) is 0 Å². The van der Waals surface area contributed by atoms with Crippen LogP contribution in [0.15, 0.2) is 6.20 Å². The molecule has 0 radical (unpaired) electrons. The molecule has 1 amide bonds. The summed E-state index contributed by atoms with van der Waals surface area (Å²) in [6, 6.07) is 0. The van der Waals surface area contributed by atoms with Gasteiger partial charge in [-0.25, -0.2) is 4.98 Å². The highest BCUT2D eigenvalue weighted by atomic mass is 32.1. The maximum Gasteiger partial charge on any atom is 0.306 e. The lowest BCUT2D eigenvalue weighted by Gasteiger charge is -2.06. The van der Waals surface area contributed by atoms with E-state index in [-0.39, 0.29) is 5.91 Å². The van der Waals surface area contributed by atoms with Crippen molar-refractivity contribution in [3.63, 3.8) is 0 Å². The van der Waals surface area contributed by atoms with Crippen molar-refractivity contribution in [2.24, 2.45) is 5.92 Å². The van der Waals surface area contributed by atoms with E-state index in [0.29, 0.717) is 17.8 Å². The summed E-state index contributed by atoms with van der Waals surface area (Å²) in [5, 5.41) is 12.2. The van der Waals surface area contributed by atoms with Crippen LogP contribution in [-0.2, 0) is 4.79 Å². The Morgan fingerprint density at radius 2 is 2.31 bits per heavy atom. The SMILES string of the molecule is Cc1ncc(C(=O)NCCC(C)C(=O)O)s1. The van der Waals surface area contributed by atoms with Gasteiger partial charge in [0.25, 0.3) is 5.91 Å². The van der Waals surface area contributed by atoms with E-state index in [0.717, 1.165) is 5.01 Å². The van der Waals surface area contributed by atoms with Crippen molar-refractivity contribution in [2.45, 2.75) is 20.3 Å². The van der Waals surface area contributed by atoms with Crippen LogP contribution in [0.25, 0.3) is 0 Å². The minimum absolute atomic E-state index is 0.191. The molecule has 0 spiro atoms. The second-order valence-electron chi connectivity index (χ2n) is 3.53. The van der Waals surface area contributed by atoms with E-state index in [4.69, 9.17) is 5.11 Å². The molecule has 1 heterocycles. The molecule has 0 bridgehead atoms. The number of carboxylic acid groups (broad SMARTS) is 1. The fourth-order valence-corrected chi connectivity index (χ4v) is 1.77. The minimum atomic E-state index is -0.845. The summed E-state index contributed by atoms with van der Waals surface area (Å²) in [6.45, 7) is 3.81. The van der Waals surface area contributed by atoms with Crippen LogP contribution in [0.4, 0.5) is 0 Å². The van der Waals surface area contributed by atoms with Gasteiger partial charge < -0.3 is 10.4 Å². The molecule has 1 atom stereocenters. The number of hydrogen-bond acceptors (Lipinski definition) is 4. The van der Waals surface area contributed by atoms with Crippen LogP contribution in [0.2, 0.25) is 0 Å². The van der Waals surface area contributed by atoms with Crippen LogP contribution in [0.1, 0.15) is 28.0 Å². The minimum Gasteiger partial charge on any atom is -0.481 e. The first kappa shape index (κ1) is 12.6. The number of rotatable bonds is 5. The normalized spacial score (nSPS) is 12.1. The van der Waals surface area contributed by atoms with Gasteiger partial charge in [-0.15, -0.1) is 11.3 Å². The van der Waals surface area contributed by atoms with E-state index >= 15 is 0 Å². The van der Waals surface area contributed by atoms with Crippen LogP contribution in [-0.4, -0.2) is 28.5 Å². The largest absolute Gasteiger partial charge is 0.481 e. The number of nitrogens with one attached hydrogen (secondary N) is 1. The smallest absolute Gasteiger partial charge is 0.306 e. The number of aryl methyl sites for hydroxylation is 1. The predicted octanol–water partition coefficient (Wildman–Crippen LogP) is 1.29. The molecular weight excluding hydrogens is 228 g/mol. The van der Waals surface area contributed by atoms with E-state index in [1.54, 1.807) is 6.92 Å². The van der Waals surface area contributed by atoms with Crippen molar-refractivity contribution < 1.29 is 14.7 Å². The van der Waals surface area contributed by atoms with Crippen LogP contribution in [0.3, 0.4) is 0 Å². The Hall–Kier alpha value is -1.43. The number of aromatic nitrogens is 1. The van der Waals surface area contributed by atoms with Gasteiger partial charge in [-0.1, -0.05) is 6.92 Å². The van der Waals surface area contributed by atoms with Crippen molar-refractivity contribution in [1.29, 1.82) is 0 Å². The first-order chi connectivity index (χ1) is 7.50. The highest BCUT2D eigenvalue weighted by Gasteiger charge is 2.12. The fourth-order valence-electron chi connectivity index (χ4n) is 1.08. The molecule has 0 aliphatic rings. The lowest BCUT2D eigenvalue weighted by atomic mass is 10.1. The third-order valence-corrected chi connectivity index (χ3v) is 3.04. The van der Waals surface area contributed by atoms with Gasteiger partial charge in [0.15, 0.2) is 0 Å². The van der Waals surface area contributed by atoms with Gasteiger partial charge in [-0.05, 0) is 13.3 Å². The van der Waals surface area contributed by atoms with Gasteiger partial charge in [0, 0.05) is 6.54 Å². The maximum atomic E-state index is 11.5. The molecule has 0 aliphatic carbocycles. The van der Waals surface area contributed by atoms with Crippen LogP contribution in [0, 0.1) is 12.8 Å². The summed E-state index contributed by atoms with van der Waals surface area (Å²) in [7, 11) is 0. The molecule has 1 unspecified atom stereocenters. The predicted molar refractivity (Wildman–Crippen MR) is 60.6 cm³/mol. The lowest BCUT2D eigenvalue weighted by Crippen LogP contribution is -2.26. The number of hydrogen-bond donors (Lipinski definition) is 2. The second-order valence-corrected chi connectivity index (χ2v) is 4.76.